The first kappa shape index (κ1) is 13.0. The van der Waals surface area contributed by atoms with Crippen LogP contribution in [0.5, 0.6) is 0 Å². The van der Waals surface area contributed by atoms with Gasteiger partial charge in [0.15, 0.2) is 0 Å². The molecular weight excluding hydrogens is 262 g/mol. The quantitative estimate of drug-likeness (QED) is 0.929. The van der Waals surface area contributed by atoms with Crippen LogP contribution in [-0.4, -0.2) is 14.9 Å². The Hall–Kier alpha value is -1.46. The summed E-state index contributed by atoms with van der Waals surface area (Å²) in [6, 6.07) is 9.23. The molecule has 1 N–H and O–H groups in total. The fourth-order valence-corrected chi connectivity index (χ4v) is 1.93. The van der Waals surface area contributed by atoms with Crippen LogP contribution < -0.4 is 0 Å². The van der Waals surface area contributed by atoms with Crippen LogP contribution in [0.15, 0.2) is 30.3 Å². The molecule has 1 aromatic heterocycles. The SMILES string of the molecule is OCc1c(C(F)F)nn(Cc2ccccc2)c1Cl. The van der Waals surface area contributed by atoms with Crippen molar-refractivity contribution in [2.45, 2.75) is 19.6 Å². The molecule has 0 spiro atoms. The maximum absolute atomic E-state index is 12.7. The highest BCUT2D eigenvalue weighted by Gasteiger charge is 2.22. The molecule has 2 rings (SSSR count). The van der Waals surface area contributed by atoms with E-state index in [9.17, 15) is 8.78 Å². The number of aliphatic hydroxyl groups is 1. The predicted octanol–water partition coefficient (Wildman–Crippen LogP) is 3.01. The second kappa shape index (κ2) is 5.46. The van der Waals surface area contributed by atoms with Crippen molar-refractivity contribution in [2.24, 2.45) is 0 Å². The van der Waals surface area contributed by atoms with E-state index in [1.807, 2.05) is 30.3 Å². The first-order valence-electron chi connectivity index (χ1n) is 5.31. The molecule has 0 unspecified atom stereocenters. The van der Waals surface area contributed by atoms with Gasteiger partial charge in [0.05, 0.1) is 13.2 Å². The Morgan fingerprint density at radius 2 is 1.94 bits per heavy atom. The van der Waals surface area contributed by atoms with Crippen molar-refractivity contribution in [3.8, 4) is 0 Å². The molecule has 3 nitrogen and oxygen atoms in total. The van der Waals surface area contributed by atoms with Gasteiger partial charge in [0.1, 0.15) is 10.8 Å². The van der Waals surface area contributed by atoms with Crippen molar-refractivity contribution < 1.29 is 13.9 Å². The lowest BCUT2D eigenvalue weighted by atomic mass is 10.2. The summed E-state index contributed by atoms with van der Waals surface area (Å²) in [4.78, 5) is 0. The van der Waals surface area contributed by atoms with Gasteiger partial charge in [-0.05, 0) is 5.56 Å². The van der Waals surface area contributed by atoms with Gasteiger partial charge >= 0.3 is 0 Å². The molecule has 0 bridgehead atoms. The van der Waals surface area contributed by atoms with Gasteiger partial charge in [-0.3, -0.25) is 0 Å². The standard InChI is InChI=1S/C12H11ClF2N2O/c13-11-9(7-18)10(12(14)15)16-17(11)6-8-4-2-1-3-5-8/h1-5,12,18H,6-7H2. The van der Waals surface area contributed by atoms with E-state index in [0.29, 0.717) is 6.54 Å². The van der Waals surface area contributed by atoms with Crippen LogP contribution in [0, 0.1) is 0 Å². The molecule has 6 heteroatoms. The smallest absolute Gasteiger partial charge is 0.282 e. The Labute approximate surface area is 108 Å². The van der Waals surface area contributed by atoms with Crippen molar-refractivity contribution in [2.75, 3.05) is 0 Å². The van der Waals surface area contributed by atoms with Crippen molar-refractivity contribution in [1.29, 1.82) is 0 Å². The van der Waals surface area contributed by atoms with Crippen molar-refractivity contribution >= 4 is 11.6 Å². The summed E-state index contributed by atoms with van der Waals surface area (Å²) in [5.74, 6) is 0. The largest absolute Gasteiger partial charge is 0.391 e. The molecule has 0 fully saturated rings. The molecule has 0 aliphatic rings. The molecule has 0 radical (unpaired) electrons. The first-order chi connectivity index (χ1) is 8.63. The van der Waals surface area contributed by atoms with Crippen LogP contribution >= 0.6 is 11.6 Å². The summed E-state index contributed by atoms with van der Waals surface area (Å²) in [6.07, 6.45) is -2.75. The van der Waals surface area contributed by atoms with Crippen LogP contribution in [-0.2, 0) is 13.2 Å². The van der Waals surface area contributed by atoms with Gasteiger partial charge in [0.2, 0.25) is 0 Å². The van der Waals surface area contributed by atoms with Crippen molar-refractivity contribution in [3.05, 3.63) is 52.3 Å². The zero-order valence-electron chi connectivity index (χ0n) is 9.35. The van der Waals surface area contributed by atoms with E-state index in [1.54, 1.807) is 0 Å². The molecule has 0 saturated carbocycles. The van der Waals surface area contributed by atoms with Gasteiger partial charge in [-0.25, -0.2) is 13.5 Å². The second-order valence-electron chi connectivity index (χ2n) is 3.76. The Morgan fingerprint density at radius 3 is 2.44 bits per heavy atom. The maximum atomic E-state index is 12.7. The van der Waals surface area contributed by atoms with Gasteiger partial charge in [0, 0.05) is 5.56 Å². The lowest BCUT2D eigenvalue weighted by Gasteiger charge is -2.03. The second-order valence-corrected chi connectivity index (χ2v) is 4.11. The van der Waals surface area contributed by atoms with Gasteiger partial charge in [-0.1, -0.05) is 41.9 Å². The minimum absolute atomic E-state index is 0.0115. The minimum atomic E-state index is -2.75. The minimum Gasteiger partial charge on any atom is -0.391 e. The number of halogens is 3. The van der Waals surface area contributed by atoms with E-state index in [1.165, 1.54) is 4.68 Å². The van der Waals surface area contributed by atoms with E-state index in [0.717, 1.165) is 5.56 Å². The number of nitrogens with zero attached hydrogens (tertiary/aromatic N) is 2. The predicted molar refractivity (Wildman–Crippen MR) is 63.7 cm³/mol. The van der Waals surface area contributed by atoms with Crippen LogP contribution in [0.25, 0.3) is 0 Å². The molecule has 96 valence electrons. The zero-order valence-corrected chi connectivity index (χ0v) is 10.1. The van der Waals surface area contributed by atoms with Crippen LogP contribution in [0.4, 0.5) is 8.78 Å². The summed E-state index contributed by atoms with van der Waals surface area (Å²) >= 11 is 5.93. The Balaban J connectivity index is 2.34. The number of alkyl halides is 2. The zero-order chi connectivity index (χ0) is 13.1. The average molecular weight is 273 g/mol. The Bertz CT molecular complexity index is 528. The summed E-state index contributed by atoms with van der Waals surface area (Å²) in [6.45, 7) is -0.257. The fraction of sp³-hybridized carbons (Fsp3) is 0.250. The fourth-order valence-electron chi connectivity index (χ4n) is 1.68. The third-order valence-corrected chi connectivity index (χ3v) is 2.98. The molecule has 1 heterocycles. The van der Waals surface area contributed by atoms with E-state index >= 15 is 0 Å². The molecule has 1 aromatic carbocycles. The number of hydrogen-bond acceptors (Lipinski definition) is 2. The molecule has 18 heavy (non-hydrogen) atoms. The van der Waals surface area contributed by atoms with Gasteiger partial charge in [0.25, 0.3) is 6.43 Å². The third-order valence-electron chi connectivity index (χ3n) is 2.55. The molecular formula is C12H11ClF2N2O. The molecule has 0 aliphatic carbocycles. The van der Waals surface area contributed by atoms with Crippen LogP contribution in [0.1, 0.15) is 23.2 Å². The van der Waals surface area contributed by atoms with E-state index in [-0.39, 0.29) is 10.7 Å². The summed E-state index contributed by atoms with van der Waals surface area (Å²) < 4.78 is 26.7. The maximum Gasteiger partial charge on any atom is 0.282 e. The Morgan fingerprint density at radius 1 is 1.28 bits per heavy atom. The van der Waals surface area contributed by atoms with Crippen molar-refractivity contribution in [1.82, 2.24) is 9.78 Å². The van der Waals surface area contributed by atoms with Crippen LogP contribution in [0.2, 0.25) is 5.15 Å². The van der Waals surface area contributed by atoms with Crippen LogP contribution in [0.3, 0.4) is 0 Å². The molecule has 0 amide bonds. The number of aromatic nitrogens is 2. The number of rotatable bonds is 4. The third kappa shape index (κ3) is 2.52. The summed E-state index contributed by atoms with van der Waals surface area (Å²) in [7, 11) is 0. The number of hydrogen-bond donors (Lipinski definition) is 1. The lowest BCUT2D eigenvalue weighted by Crippen LogP contribution is -2.02. The highest BCUT2D eigenvalue weighted by Crippen LogP contribution is 2.28. The van der Waals surface area contributed by atoms with Gasteiger partial charge < -0.3 is 5.11 Å². The average Bonchev–Trinajstić information content (AvgIpc) is 2.68. The van der Waals surface area contributed by atoms with Gasteiger partial charge in [-0.15, -0.1) is 0 Å². The highest BCUT2D eigenvalue weighted by atomic mass is 35.5. The summed E-state index contributed by atoms with van der Waals surface area (Å²) in [5.41, 5.74) is 0.424. The highest BCUT2D eigenvalue weighted by molar-refractivity contribution is 6.30. The van der Waals surface area contributed by atoms with Gasteiger partial charge in [-0.2, -0.15) is 5.10 Å². The summed E-state index contributed by atoms with van der Waals surface area (Å²) in [5, 5.41) is 12.9. The monoisotopic (exact) mass is 272 g/mol. The topological polar surface area (TPSA) is 38.1 Å². The number of benzene rings is 1. The lowest BCUT2D eigenvalue weighted by molar-refractivity contribution is 0.141. The number of aliphatic hydroxyl groups excluding tert-OH is 1. The van der Waals surface area contributed by atoms with E-state index < -0.39 is 18.7 Å². The normalized spacial score (nSPS) is 11.2. The molecule has 2 aromatic rings. The molecule has 0 atom stereocenters. The van der Waals surface area contributed by atoms with E-state index in [4.69, 9.17) is 16.7 Å². The molecule has 0 aliphatic heterocycles. The Kier molecular flexibility index (Phi) is 3.93. The molecule has 0 saturated heterocycles. The first-order valence-corrected chi connectivity index (χ1v) is 5.69. The van der Waals surface area contributed by atoms with E-state index in [2.05, 4.69) is 5.10 Å². The van der Waals surface area contributed by atoms with Crippen molar-refractivity contribution in [3.63, 3.8) is 0 Å².